The summed E-state index contributed by atoms with van der Waals surface area (Å²) in [6.45, 7) is 0.279. The standard InChI is InChI=1S/C6H13N3O2S.ClH/c1-9(2)6(10)11-3-4-12-5(7)8;/h3-4H2,1-2H3,(H3,7,8);1H. The van der Waals surface area contributed by atoms with Crippen molar-refractivity contribution in [1.82, 2.24) is 4.90 Å². The number of nitrogens with zero attached hydrogens (tertiary/aromatic N) is 1. The van der Waals surface area contributed by atoms with Gasteiger partial charge in [-0.25, -0.2) is 4.79 Å². The molecule has 3 N–H and O–H groups in total. The van der Waals surface area contributed by atoms with Crippen LogP contribution in [0.25, 0.3) is 0 Å². The highest BCUT2D eigenvalue weighted by Gasteiger charge is 2.03. The summed E-state index contributed by atoms with van der Waals surface area (Å²) in [7, 11) is 3.22. The molecule has 0 spiro atoms. The molecule has 0 bridgehead atoms. The first kappa shape index (κ1) is 14.9. The predicted octanol–water partition coefficient (Wildman–Crippen LogP) is 0.733. The molecule has 0 aromatic heterocycles. The summed E-state index contributed by atoms with van der Waals surface area (Å²) in [6, 6.07) is 0. The molecule has 0 aromatic rings. The zero-order valence-corrected chi connectivity index (χ0v) is 9.20. The number of carbonyl (C=O) groups is 1. The highest BCUT2D eigenvalue weighted by atomic mass is 35.5. The number of amidine groups is 1. The van der Waals surface area contributed by atoms with Gasteiger partial charge < -0.3 is 15.4 Å². The van der Waals surface area contributed by atoms with Crippen molar-refractivity contribution in [1.29, 1.82) is 5.41 Å². The number of ether oxygens (including phenoxy) is 1. The highest BCUT2D eigenvalue weighted by molar-refractivity contribution is 8.13. The third-order valence-electron chi connectivity index (χ3n) is 0.932. The number of hydrogen-bond donors (Lipinski definition) is 2. The minimum atomic E-state index is -0.376. The maximum Gasteiger partial charge on any atom is 0.409 e. The van der Waals surface area contributed by atoms with Crippen molar-refractivity contribution < 1.29 is 9.53 Å². The Bertz CT molecular complexity index is 177. The average Bonchev–Trinajstić information content (AvgIpc) is 1.97. The topological polar surface area (TPSA) is 79.4 Å². The quantitative estimate of drug-likeness (QED) is 0.423. The molecule has 0 atom stereocenters. The van der Waals surface area contributed by atoms with Crippen molar-refractivity contribution in [2.75, 3.05) is 26.5 Å². The number of nitrogens with one attached hydrogen (secondary N) is 1. The molecule has 0 unspecified atom stereocenters. The number of halogens is 1. The van der Waals surface area contributed by atoms with Crippen LogP contribution >= 0.6 is 24.2 Å². The van der Waals surface area contributed by atoms with E-state index in [1.807, 2.05) is 0 Å². The molecule has 0 radical (unpaired) electrons. The van der Waals surface area contributed by atoms with Gasteiger partial charge in [-0.05, 0) is 0 Å². The summed E-state index contributed by atoms with van der Waals surface area (Å²) in [5.74, 6) is 0.523. The molecule has 13 heavy (non-hydrogen) atoms. The number of hydrogen-bond acceptors (Lipinski definition) is 4. The zero-order chi connectivity index (χ0) is 9.56. The van der Waals surface area contributed by atoms with Gasteiger partial charge >= 0.3 is 6.09 Å². The van der Waals surface area contributed by atoms with E-state index < -0.39 is 0 Å². The van der Waals surface area contributed by atoms with Crippen molar-refractivity contribution >= 4 is 35.4 Å². The van der Waals surface area contributed by atoms with Gasteiger partial charge in [-0.3, -0.25) is 5.41 Å². The van der Waals surface area contributed by atoms with E-state index in [2.05, 4.69) is 0 Å². The van der Waals surface area contributed by atoms with Gasteiger partial charge in [-0.15, -0.1) is 12.4 Å². The van der Waals surface area contributed by atoms with Crippen LogP contribution in [0.1, 0.15) is 0 Å². The molecule has 0 fully saturated rings. The normalized spacial score (nSPS) is 8.46. The van der Waals surface area contributed by atoms with Gasteiger partial charge in [0.2, 0.25) is 0 Å². The molecule has 0 aromatic carbocycles. The third kappa shape index (κ3) is 9.29. The Kier molecular flexibility index (Phi) is 9.16. The zero-order valence-electron chi connectivity index (χ0n) is 7.57. The van der Waals surface area contributed by atoms with E-state index in [4.69, 9.17) is 15.9 Å². The van der Waals surface area contributed by atoms with Gasteiger partial charge in [0.05, 0.1) is 0 Å². The molecule has 1 amide bonds. The Balaban J connectivity index is 0. The second kappa shape index (κ2) is 8.00. The van der Waals surface area contributed by atoms with Crippen molar-refractivity contribution in [3.8, 4) is 0 Å². The van der Waals surface area contributed by atoms with E-state index in [0.29, 0.717) is 5.75 Å². The lowest BCUT2D eigenvalue weighted by atomic mass is 10.8. The molecule has 7 heteroatoms. The summed E-state index contributed by atoms with van der Waals surface area (Å²) >= 11 is 1.15. The fourth-order valence-electron chi connectivity index (χ4n) is 0.410. The van der Waals surface area contributed by atoms with Crippen LogP contribution < -0.4 is 5.73 Å². The summed E-state index contributed by atoms with van der Waals surface area (Å²) in [4.78, 5) is 12.1. The Morgan fingerprint density at radius 1 is 1.62 bits per heavy atom. The molecular formula is C6H14ClN3O2S. The number of thioether (sulfide) groups is 1. The minimum Gasteiger partial charge on any atom is -0.449 e. The summed E-state index contributed by atoms with van der Waals surface area (Å²) in [5, 5.41) is 6.89. The molecule has 0 saturated carbocycles. The molecule has 78 valence electrons. The molecule has 0 aliphatic heterocycles. The lowest BCUT2D eigenvalue weighted by Crippen LogP contribution is -2.23. The Morgan fingerprint density at radius 3 is 2.54 bits per heavy atom. The highest BCUT2D eigenvalue weighted by Crippen LogP contribution is 1.97. The number of nitrogens with two attached hydrogens (primary N) is 1. The van der Waals surface area contributed by atoms with Gasteiger partial charge in [0.25, 0.3) is 0 Å². The van der Waals surface area contributed by atoms with E-state index in [1.54, 1.807) is 14.1 Å². The SMILES string of the molecule is CN(C)C(=O)OCCSC(=N)N.Cl. The van der Waals surface area contributed by atoms with Gasteiger partial charge in [0.1, 0.15) is 6.61 Å². The summed E-state index contributed by atoms with van der Waals surface area (Å²) in [6.07, 6.45) is -0.376. The van der Waals surface area contributed by atoms with E-state index in [1.165, 1.54) is 4.90 Å². The number of amides is 1. The van der Waals surface area contributed by atoms with Crippen molar-refractivity contribution in [2.45, 2.75) is 0 Å². The first-order valence-electron chi connectivity index (χ1n) is 3.35. The van der Waals surface area contributed by atoms with E-state index in [9.17, 15) is 4.79 Å². The smallest absolute Gasteiger partial charge is 0.409 e. The monoisotopic (exact) mass is 227 g/mol. The fourth-order valence-corrected chi connectivity index (χ4v) is 0.796. The van der Waals surface area contributed by atoms with Crippen LogP contribution in [0.4, 0.5) is 4.79 Å². The molecule has 0 rings (SSSR count). The first-order valence-corrected chi connectivity index (χ1v) is 4.33. The van der Waals surface area contributed by atoms with Crippen LogP contribution in [0.5, 0.6) is 0 Å². The predicted molar refractivity (Wildman–Crippen MR) is 56.7 cm³/mol. The van der Waals surface area contributed by atoms with Crippen LogP contribution in [0.2, 0.25) is 0 Å². The molecule has 0 aliphatic carbocycles. The molecular weight excluding hydrogens is 214 g/mol. The van der Waals surface area contributed by atoms with Crippen LogP contribution in [-0.2, 0) is 4.74 Å². The molecule has 0 aliphatic rings. The van der Waals surface area contributed by atoms with E-state index >= 15 is 0 Å². The van der Waals surface area contributed by atoms with Crippen LogP contribution in [-0.4, -0.2) is 42.6 Å². The first-order chi connectivity index (χ1) is 5.54. The number of carbonyl (C=O) groups excluding carboxylic acids is 1. The van der Waals surface area contributed by atoms with Crippen molar-refractivity contribution in [3.63, 3.8) is 0 Å². The van der Waals surface area contributed by atoms with E-state index in [0.717, 1.165) is 11.8 Å². The number of rotatable bonds is 3. The van der Waals surface area contributed by atoms with Crippen LogP contribution in [0.3, 0.4) is 0 Å². The lowest BCUT2D eigenvalue weighted by Gasteiger charge is -2.10. The largest absolute Gasteiger partial charge is 0.449 e. The lowest BCUT2D eigenvalue weighted by molar-refractivity contribution is 0.125. The van der Waals surface area contributed by atoms with Gasteiger partial charge in [0, 0.05) is 19.8 Å². The third-order valence-corrected chi connectivity index (χ3v) is 1.61. The summed E-state index contributed by atoms with van der Waals surface area (Å²) in [5.41, 5.74) is 5.06. The molecule has 0 saturated heterocycles. The Hall–Kier alpha value is -0.620. The second-order valence-electron chi connectivity index (χ2n) is 2.22. The minimum absolute atomic E-state index is 0. The van der Waals surface area contributed by atoms with Gasteiger partial charge in [0.15, 0.2) is 5.17 Å². The average molecular weight is 228 g/mol. The molecule has 0 heterocycles. The van der Waals surface area contributed by atoms with Crippen molar-refractivity contribution in [2.24, 2.45) is 5.73 Å². The maximum atomic E-state index is 10.8. The van der Waals surface area contributed by atoms with Crippen LogP contribution in [0, 0.1) is 5.41 Å². The van der Waals surface area contributed by atoms with Gasteiger partial charge in [-0.1, -0.05) is 11.8 Å². The van der Waals surface area contributed by atoms with Crippen LogP contribution in [0.15, 0.2) is 0 Å². The van der Waals surface area contributed by atoms with Crippen molar-refractivity contribution in [3.05, 3.63) is 0 Å². The van der Waals surface area contributed by atoms with Gasteiger partial charge in [-0.2, -0.15) is 0 Å². The second-order valence-corrected chi connectivity index (χ2v) is 3.36. The maximum absolute atomic E-state index is 10.8. The Morgan fingerprint density at radius 2 is 2.15 bits per heavy atom. The molecule has 5 nitrogen and oxygen atoms in total. The van der Waals surface area contributed by atoms with E-state index in [-0.39, 0.29) is 30.3 Å². The summed E-state index contributed by atoms with van der Waals surface area (Å²) < 4.78 is 4.77. The Labute approximate surface area is 87.9 Å². The fraction of sp³-hybridized carbons (Fsp3) is 0.667.